The quantitative estimate of drug-likeness (QED) is 0.241. The largest absolute Gasteiger partial charge is 0.379 e. The van der Waals surface area contributed by atoms with Gasteiger partial charge in [-0.05, 0) is 24.3 Å². The molecular formula is C20H17Cl2N5O6S. The zero-order chi connectivity index (χ0) is 24.9. The van der Waals surface area contributed by atoms with E-state index < -0.39 is 26.4 Å². The van der Waals surface area contributed by atoms with Crippen molar-refractivity contribution in [3.63, 3.8) is 0 Å². The van der Waals surface area contributed by atoms with E-state index in [4.69, 9.17) is 27.9 Å². The maximum atomic E-state index is 12.9. The van der Waals surface area contributed by atoms with Gasteiger partial charge in [-0.25, -0.2) is 8.42 Å². The van der Waals surface area contributed by atoms with Crippen molar-refractivity contribution in [2.24, 2.45) is 0 Å². The van der Waals surface area contributed by atoms with Crippen molar-refractivity contribution in [3.8, 4) is 6.07 Å². The number of nitrogens with one attached hydrogen (secondary N) is 2. The number of nitro benzene ring substituents is 1. The van der Waals surface area contributed by atoms with Crippen molar-refractivity contribution >= 4 is 56.2 Å². The monoisotopic (exact) mass is 525 g/mol. The molecule has 178 valence electrons. The highest BCUT2D eigenvalue weighted by Gasteiger charge is 2.27. The predicted molar refractivity (Wildman–Crippen MR) is 125 cm³/mol. The van der Waals surface area contributed by atoms with Gasteiger partial charge in [0.05, 0.1) is 44.5 Å². The smallest absolute Gasteiger partial charge is 0.271 e. The van der Waals surface area contributed by atoms with Crippen LogP contribution in [0.25, 0.3) is 0 Å². The molecule has 11 nitrogen and oxygen atoms in total. The molecule has 2 N–H and O–H groups in total. The van der Waals surface area contributed by atoms with Crippen LogP contribution in [0, 0.1) is 21.4 Å². The summed E-state index contributed by atoms with van der Waals surface area (Å²) in [5.74, 6) is -0.898. The molecule has 2 aromatic carbocycles. The van der Waals surface area contributed by atoms with E-state index >= 15 is 0 Å². The van der Waals surface area contributed by atoms with Crippen molar-refractivity contribution < 1.29 is 22.9 Å². The lowest BCUT2D eigenvalue weighted by molar-refractivity contribution is -0.384. The van der Waals surface area contributed by atoms with E-state index in [-0.39, 0.29) is 58.3 Å². The van der Waals surface area contributed by atoms with Crippen LogP contribution in [0.2, 0.25) is 10.0 Å². The summed E-state index contributed by atoms with van der Waals surface area (Å²) >= 11 is 12.1. The Morgan fingerprint density at radius 3 is 2.44 bits per heavy atom. The normalized spacial score (nSPS) is 14.8. The molecule has 0 aliphatic carbocycles. The number of carbonyl (C=O) groups is 1. The molecule has 1 amide bonds. The van der Waals surface area contributed by atoms with Gasteiger partial charge in [0.25, 0.3) is 11.6 Å². The number of anilines is 2. The number of sulfonamides is 1. The van der Waals surface area contributed by atoms with Crippen LogP contribution in [0.5, 0.6) is 0 Å². The highest BCUT2D eigenvalue weighted by Crippen LogP contribution is 2.29. The predicted octanol–water partition coefficient (Wildman–Crippen LogP) is 3.38. The number of morpholine rings is 1. The fourth-order valence-corrected chi connectivity index (χ4v) is 4.69. The van der Waals surface area contributed by atoms with Crippen LogP contribution in [-0.2, 0) is 19.6 Å². The Bertz CT molecular complexity index is 1300. The lowest BCUT2D eigenvalue weighted by Gasteiger charge is -2.26. The molecule has 3 rings (SSSR count). The number of non-ortho nitro benzene ring substituents is 1. The Labute approximate surface area is 204 Å². The molecule has 0 spiro atoms. The molecule has 0 saturated carbocycles. The lowest BCUT2D eigenvalue weighted by Crippen LogP contribution is -2.40. The number of benzene rings is 2. The van der Waals surface area contributed by atoms with Gasteiger partial charge in [0, 0.05) is 31.4 Å². The first-order valence-electron chi connectivity index (χ1n) is 9.63. The standard InChI is InChI=1S/C20H17Cl2N5O6S/c21-16-4-2-15(34(31,32)26-5-7-33-8-6-26)10-18(16)24-12-13(11-23)20(28)25-19-9-14(27(29)30)1-3-17(19)22/h1-4,9-10,12,24H,5-8H2,(H,25,28)/b13-12-. The zero-order valence-corrected chi connectivity index (χ0v) is 19.7. The summed E-state index contributed by atoms with van der Waals surface area (Å²) in [5, 5.41) is 25.5. The van der Waals surface area contributed by atoms with Crippen molar-refractivity contribution in [3.05, 3.63) is 68.3 Å². The molecule has 1 heterocycles. The van der Waals surface area contributed by atoms with E-state index in [1.165, 1.54) is 34.6 Å². The van der Waals surface area contributed by atoms with E-state index in [2.05, 4.69) is 10.6 Å². The fraction of sp³-hybridized carbons (Fsp3) is 0.200. The Balaban J connectivity index is 1.81. The highest BCUT2D eigenvalue weighted by molar-refractivity contribution is 7.89. The van der Waals surface area contributed by atoms with E-state index in [1.807, 2.05) is 0 Å². The summed E-state index contributed by atoms with van der Waals surface area (Å²) in [6, 6.07) is 9.17. The van der Waals surface area contributed by atoms with Gasteiger partial charge in [-0.3, -0.25) is 14.9 Å². The Kier molecular flexibility index (Phi) is 8.08. The molecule has 0 radical (unpaired) electrons. The van der Waals surface area contributed by atoms with Gasteiger partial charge in [0.15, 0.2) is 0 Å². The van der Waals surface area contributed by atoms with Gasteiger partial charge in [0.2, 0.25) is 10.0 Å². The molecule has 1 fully saturated rings. The molecule has 1 aliphatic heterocycles. The van der Waals surface area contributed by atoms with Crippen molar-refractivity contribution in [1.29, 1.82) is 5.26 Å². The van der Waals surface area contributed by atoms with Crippen LogP contribution < -0.4 is 10.6 Å². The molecule has 0 atom stereocenters. The summed E-state index contributed by atoms with van der Waals surface area (Å²) in [6.45, 7) is 1.00. The molecular weight excluding hydrogens is 509 g/mol. The lowest BCUT2D eigenvalue weighted by atomic mass is 10.2. The van der Waals surface area contributed by atoms with Gasteiger partial charge in [0.1, 0.15) is 11.6 Å². The number of nitriles is 1. The average molecular weight is 526 g/mol. The van der Waals surface area contributed by atoms with E-state index in [0.717, 1.165) is 12.3 Å². The number of nitrogens with zero attached hydrogens (tertiary/aromatic N) is 3. The first-order valence-corrected chi connectivity index (χ1v) is 11.8. The molecule has 0 bridgehead atoms. The summed E-state index contributed by atoms with van der Waals surface area (Å²) in [6.07, 6.45) is 1.03. The summed E-state index contributed by atoms with van der Waals surface area (Å²) in [5.41, 5.74) is -0.631. The van der Waals surface area contributed by atoms with Crippen LogP contribution in [0.1, 0.15) is 0 Å². The molecule has 1 aliphatic rings. The third-order valence-electron chi connectivity index (χ3n) is 4.69. The number of hydrogen-bond donors (Lipinski definition) is 2. The molecule has 1 saturated heterocycles. The number of halogens is 2. The minimum atomic E-state index is -3.80. The van der Waals surface area contributed by atoms with Crippen molar-refractivity contribution in [1.82, 2.24) is 4.31 Å². The van der Waals surface area contributed by atoms with Gasteiger partial charge in [-0.15, -0.1) is 0 Å². The van der Waals surface area contributed by atoms with Gasteiger partial charge in [-0.2, -0.15) is 9.57 Å². The maximum Gasteiger partial charge on any atom is 0.271 e. The third kappa shape index (κ3) is 5.82. The molecule has 34 heavy (non-hydrogen) atoms. The number of hydrogen-bond acceptors (Lipinski definition) is 8. The average Bonchev–Trinajstić information content (AvgIpc) is 2.82. The topological polar surface area (TPSA) is 155 Å². The fourth-order valence-electron chi connectivity index (χ4n) is 2.92. The molecule has 0 unspecified atom stereocenters. The molecule has 2 aromatic rings. The van der Waals surface area contributed by atoms with Crippen LogP contribution in [0.3, 0.4) is 0 Å². The van der Waals surface area contributed by atoms with Gasteiger partial charge >= 0.3 is 0 Å². The Hall–Kier alpha value is -3.21. The van der Waals surface area contributed by atoms with Crippen LogP contribution in [0.4, 0.5) is 17.1 Å². The van der Waals surface area contributed by atoms with Crippen molar-refractivity contribution in [2.45, 2.75) is 4.90 Å². The minimum Gasteiger partial charge on any atom is -0.379 e. The first kappa shape index (κ1) is 25.4. The van der Waals surface area contributed by atoms with Gasteiger partial charge in [-0.1, -0.05) is 23.2 Å². The molecule has 14 heteroatoms. The Morgan fingerprint density at radius 1 is 1.15 bits per heavy atom. The second-order valence-corrected chi connectivity index (χ2v) is 9.60. The second-order valence-electron chi connectivity index (χ2n) is 6.85. The maximum absolute atomic E-state index is 12.9. The number of nitro groups is 1. The van der Waals surface area contributed by atoms with Gasteiger partial charge < -0.3 is 15.4 Å². The number of ether oxygens (including phenoxy) is 1. The summed E-state index contributed by atoms with van der Waals surface area (Å²) in [4.78, 5) is 22.8. The van der Waals surface area contributed by atoms with Crippen molar-refractivity contribution in [2.75, 3.05) is 36.9 Å². The summed E-state index contributed by atoms with van der Waals surface area (Å²) < 4.78 is 32.2. The van der Waals surface area contributed by atoms with Crippen LogP contribution in [-0.4, -0.2) is 49.9 Å². The van der Waals surface area contributed by atoms with E-state index in [0.29, 0.717) is 0 Å². The zero-order valence-electron chi connectivity index (χ0n) is 17.3. The highest BCUT2D eigenvalue weighted by atomic mass is 35.5. The molecule has 0 aromatic heterocycles. The third-order valence-corrected chi connectivity index (χ3v) is 7.25. The van der Waals surface area contributed by atoms with Crippen LogP contribution >= 0.6 is 23.2 Å². The minimum absolute atomic E-state index is 0.0268. The number of rotatable bonds is 7. The number of carbonyl (C=O) groups excluding carboxylic acids is 1. The Morgan fingerprint density at radius 2 is 1.79 bits per heavy atom. The second kappa shape index (κ2) is 10.8. The van der Waals surface area contributed by atoms with E-state index in [9.17, 15) is 28.6 Å². The van der Waals surface area contributed by atoms with E-state index in [1.54, 1.807) is 6.07 Å². The first-order chi connectivity index (χ1) is 16.1. The van der Waals surface area contributed by atoms with Crippen LogP contribution in [0.15, 0.2) is 53.1 Å². The summed E-state index contributed by atoms with van der Waals surface area (Å²) in [7, 11) is -3.80. The SMILES string of the molecule is N#C/C(=C/Nc1cc(S(=O)(=O)N2CCOCC2)ccc1Cl)C(=O)Nc1cc([N+](=O)[O-])ccc1Cl. The number of amides is 1.